The lowest BCUT2D eigenvalue weighted by molar-refractivity contribution is -0.152. The number of amides is 2. The maximum atomic E-state index is 12.3. The van der Waals surface area contributed by atoms with Crippen LogP contribution < -0.4 is 10.2 Å². The van der Waals surface area contributed by atoms with Crippen molar-refractivity contribution in [1.82, 2.24) is 5.32 Å². The van der Waals surface area contributed by atoms with E-state index >= 15 is 0 Å². The number of carbonyl (C=O) groups excluding carboxylic acids is 3. The molecule has 2 rings (SSSR count). The Kier molecular flexibility index (Phi) is 6.94. The first-order valence-electron chi connectivity index (χ1n) is 8.37. The summed E-state index contributed by atoms with van der Waals surface area (Å²) in [5, 5.41) is 2.57. The van der Waals surface area contributed by atoms with Crippen molar-refractivity contribution in [2.75, 3.05) is 38.3 Å². The third-order valence-corrected chi connectivity index (χ3v) is 4.10. The summed E-state index contributed by atoms with van der Waals surface area (Å²) in [6.07, 6.45) is 0.902. The van der Waals surface area contributed by atoms with Gasteiger partial charge in [0.1, 0.15) is 0 Å². The Morgan fingerprint density at radius 1 is 1.32 bits per heavy atom. The highest BCUT2D eigenvalue weighted by atomic mass is 16.5. The maximum absolute atomic E-state index is 12.3. The van der Waals surface area contributed by atoms with Crippen LogP contribution in [0.2, 0.25) is 0 Å². The van der Waals surface area contributed by atoms with Gasteiger partial charge in [0, 0.05) is 32.3 Å². The van der Waals surface area contributed by atoms with Gasteiger partial charge in [0.05, 0.1) is 12.5 Å². The Morgan fingerprint density at radius 2 is 2.08 bits per heavy atom. The molecule has 0 spiro atoms. The summed E-state index contributed by atoms with van der Waals surface area (Å²) in [7, 11) is 1.53. The fourth-order valence-corrected chi connectivity index (χ4v) is 2.77. The Bertz CT molecular complexity index is 632. The van der Waals surface area contributed by atoms with Gasteiger partial charge in [-0.15, -0.1) is 0 Å². The van der Waals surface area contributed by atoms with Crippen LogP contribution in [0.5, 0.6) is 0 Å². The minimum Gasteiger partial charge on any atom is -0.455 e. The maximum Gasteiger partial charge on any atom is 0.311 e. The van der Waals surface area contributed by atoms with E-state index in [9.17, 15) is 14.4 Å². The Hall–Kier alpha value is -2.41. The van der Waals surface area contributed by atoms with Crippen LogP contribution in [0.15, 0.2) is 24.3 Å². The van der Waals surface area contributed by atoms with Gasteiger partial charge in [-0.25, -0.2) is 0 Å². The molecular weight excluding hydrogens is 324 g/mol. The van der Waals surface area contributed by atoms with Crippen molar-refractivity contribution in [2.45, 2.75) is 19.8 Å². The van der Waals surface area contributed by atoms with Gasteiger partial charge >= 0.3 is 5.97 Å². The topological polar surface area (TPSA) is 84.9 Å². The predicted molar refractivity (Wildman–Crippen MR) is 92.1 cm³/mol. The minimum atomic E-state index is -0.552. The number of benzene rings is 1. The smallest absolute Gasteiger partial charge is 0.311 e. The average Bonchev–Trinajstić information content (AvgIpc) is 3.01. The van der Waals surface area contributed by atoms with Crippen molar-refractivity contribution in [3.63, 3.8) is 0 Å². The second kappa shape index (κ2) is 9.17. The fourth-order valence-electron chi connectivity index (χ4n) is 2.77. The minimum absolute atomic E-state index is 0.0994. The molecule has 1 atom stereocenters. The molecule has 0 aromatic heterocycles. The van der Waals surface area contributed by atoms with Crippen LogP contribution in [0.3, 0.4) is 0 Å². The van der Waals surface area contributed by atoms with E-state index in [1.54, 1.807) is 4.90 Å². The number of methoxy groups -OCH3 is 1. The number of anilines is 1. The zero-order chi connectivity index (χ0) is 18.2. The third-order valence-electron chi connectivity index (χ3n) is 4.10. The van der Waals surface area contributed by atoms with Gasteiger partial charge in [0.2, 0.25) is 5.91 Å². The molecule has 1 aromatic carbocycles. The number of nitrogens with one attached hydrogen (secondary N) is 1. The number of carbonyl (C=O) groups is 3. The molecular formula is C18H24N2O5. The van der Waals surface area contributed by atoms with Gasteiger partial charge in [-0.3, -0.25) is 14.4 Å². The average molecular weight is 348 g/mol. The van der Waals surface area contributed by atoms with E-state index in [4.69, 9.17) is 9.47 Å². The van der Waals surface area contributed by atoms with Gasteiger partial charge in [-0.05, 0) is 18.1 Å². The molecule has 1 aromatic rings. The molecule has 136 valence electrons. The normalized spacial score (nSPS) is 16.8. The molecule has 25 heavy (non-hydrogen) atoms. The first kappa shape index (κ1) is 18.9. The van der Waals surface area contributed by atoms with Crippen molar-refractivity contribution in [2.24, 2.45) is 5.92 Å². The van der Waals surface area contributed by atoms with Gasteiger partial charge in [0.25, 0.3) is 5.91 Å². The van der Waals surface area contributed by atoms with Crippen molar-refractivity contribution in [1.29, 1.82) is 0 Å². The molecule has 1 heterocycles. The highest BCUT2D eigenvalue weighted by Crippen LogP contribution is 2.28. The van der Waals surface area contributed by atoms with E-state index in [0.29, 0.717) is 13.2 Å². The number of aryl methyl sites for hydroxylation is 1. The molecule has 1 aliphatic heterocycles. The summed E-state index contributed by atoms with van der Waals surface area (Å²) in [4.78, 5) is 37.6. The summed E-state index contributed by atoms with van der Waals surface area (Å²) < 4.78 is 9.85. The summed E-state index contributed by atoms with van der Waals surface area (Å²) in [5.74, 6) is -1.56. The Labute approximate surface area is 147 Å². The van der Waals surface area contributed by atoms with E-state index < -0.39 is 11.9 Å². The van der Waals surface area contributed by atoms with Crippen molar-refractivity contribution in [3.8, 4) is 0 Å². The SMILES string of the molecule is CCc1ccccc1N1C[C@H](C(=O)OCC(=O)NCCOC)CC1=O. The summed E-state index contributed by atoms with van der Waals surface area (Å²) in [6, 6.07) is 7.65. The van der Waals surface area contributed by atoms with Crippen LogP contribution in [-0.2, 0) is 30.3 Å². The zero-order valence-corrected chi connectivity index (χ0v) is 14.6. The standard InChI is InChI=1S/C18H24N2O5/c1-3-13-6-4-5-7-15(13)20-11-14(10-17(20)22)18(23)25-12-16(21)19-8-9-24-2/h4-7,14H,3,8-12H2,1-2H3,(H,19,21)/t14-/m1/s1. The van der Waals surface area contributed by atoms with Crippen molar-refractivity contribution >= 4 is 23.5 Å². The lowest BCUT2D eigenvalue weighted by Crippen LogP contribution is -2.33. The van der Waals surface area contributed by atoms with Crippen LogP contribution in [0.1, 0.15) is 18.9 Å². The second-order valence-electron chi connectivity index (χ2n) is 5.84. The molecule has 0 saturated carbocycles. The molecule has 7 heteroatoms. The molecule has 1 fully saturated rings. The predicted octanol–water partition coefficient (Wildman–Crippen LogP) is 0.908. The number of ether oxygens (including phenoxy) is 2. The summed E-state index contributed by atoms with van der Waals surface area (Å²) in [6.45, 7) is 2.70. The molecule has 1 aliphatic rings. The quantitative estimate of drug-likeness (QED) is 0.557. The molecule has 0 aliphatic carbocycles. The van der Waals surface area contributed by atoms with Crippen LogP contribution in [0.4, 0.5) is 5.69 Å². The van der Waals surface area contributed by atoms with Crippen LogP contribution >= 0.6 is 0 Å². The fraction of sp³-hybridized carbons (Fsp3) is 0.500. The summed E-state index contributed by atoms with van der Waals surface area (Å²) in [5.41, 5.74) is 1.89. The highest BCUT2D eigenvalue weighted by molar-refractivity contribution is 6.00. The van der Waals surface area contributed by atoms with Crippen LogP contribution in [-0.4, -0.2) is 51.2 Å². The zero-order valence-electron chi connectivity index (χ0n) is 14.6. The van der Waals surface area contributed by atoms with Crippen LogP contribution in [0, 0.1) is 5.92 Å². The first-order valence-corrected chi connectivity index (χ1v) is 8.37. The van der Waals surface area contributed by atoms with E-state index in [-0.39, 0.29) is 31.4 Å². The molecule has 7 nitrogen and oxygen atoms in total. The highest BCUT2D eigenvalue weighted by Gasteiger charge is 2.36. The number of esters is 1. The largest absolute Gasteiger partial charge is 0.455 e. The van der Waals surface area contributed by atoms with E-state index in [0.717, 1.165) is 17.7 Å². The molecule has 1 saturated heterocycles. The number of para-hydroxylation sites is 1. The molecule has 0 radical (unpaired) electrons. The van der Waals surface area contributed by atoms with Gasteiger partial charge in [-0.2, -0.15) is 0 Å². The Morgan fingerprint density at radius 3 is 2.80 bits per heavy atom. The van der Waals surface area contributed by atoms with Crippen LogP contribution in [0.25, 0.3) is 0 Å². The van der Waals surface area contributed by atoms with Gasteiger partial charge < -0.3 is 19.7 Å². The van der Waals surface area contributed by atoms with E-state index in [2.05, 4.69) is 5.32 Å². The van der Waals surface area contributed by atoms with Gasteiger partial charge in [-0.1, -0.05) is 25.1 Å². The monoisotopic (exact) mass is 348 g/mol. The third kappa shape index (κ3) is 5.03. The summed E-state index contributed by atoms with van der Waals surface area (Å²) >= 11 is 0. The number of nitrogens with zero attached hydrogens (tertiary/aromatic N) is 1. The number of hydrogen-bond donors (Lipinski definition) is 1. The van der Waals surface area contributed by atoms with E-state index in [1.807, 2.05) is 31.2 Å². The molecule has 0 unspecified atom stereocenters. The molecule has 0 bridgehead atoms. The lowest BCUT2D eigenvalue weighted by atomic mass is 10.1. The first-order chi connectivity index (χ1) is 12.1. The Balaban J connectivity index is 1.89. The number of hydrogen-bond acceptors (Lipinski definition) is 5. The number of rotatable bonds is 8. The van der Waals surface area contributed by atoms with Crippen molar-refractivity contribution in [3.05, 3.63) is 29.8 Å². The second-order valence-corrected chi connectivity index (χ2v) is 5.84. The lowest BCUT2D eigenvalue weighted by Gasteiger charge is -2.19. The van der Waals surface area contributed by atoms with Gasteiger partial charge in [0.15, 0.2) is 6.61 Å². The van der Waals surface area contributed by atoms with Crippen molar-refractivity contribution < 1.29 is 23.9 Å². The molecule has 2 amide bonds. The molecule has 1 N–H and O–H groups in total. The van der Waals surface area contributed by atoms with E-state index in [1.165, 1.54) is 7.11 Å².